The highest BCUT2D eigenvalue weighted by Crippen LogP contribution is 2.26. The predicted octanol–water partition coefficient (Wildman–Crippen LogP) is 4.46. The first-order valence-electron chi connectivity index (χ1n) is 8.95. The van der Waals surface area contributed by atoms with Gasteiger partial charge in [-0.2, -0.15) is 5.26 Å². The van der Waals surface area contributed by atoms with Crippen LogP contribution in [0.2, 0.25) is 0 Å². The first-order chi connectivity index (χ1) is 14.6. The van der Waals surface area contributed by atoms with E-state index in [1.165, 1.54) is 28.5 Å². The fourth-order valence-corrected chi connectivity index (χ4v) is 3.99. The molecule has 3 aromatic carbocycles. The van der Waals surface area contributed by atoms with Crippen molar-refractivity contribution in [2.45, 2.75) is 10.9 Å². The van der Waals surface area contributed by atoms with Crippen LogP contribution in [0.15, 0.2) is 82.7 Å². The smallest absolute Gasteiger partial charge is 0.268 e. The Kier molecular flexibility index (Phi) is 5.28. The molecule has 0 bridgehead atoms. The molecule has 0 saturated heterocycles. The summed E-state index contributed by atoms with van der Waals surface area (Å²) in [6.45, 7) is 0. The molecule has 0 spiro atoms. The number of thioether (sulfide) groups is 1. The molecule has 0 amide bonds. The van der Waals surface area contributed by atoms with Gasteiger partial charge in [-0.15, -0.1) is 0 Å². The number of para-hydroxylation sites is 1. The Morgan fingerprint density at radius 2 is 1.83 bits per heavy atom. The number of fused-ring (bicyclic) bond motifs is 1. The van der Waals surface area contributed by atoms with Gasteiger partial charge >= 0.3 is 0 Å². The minimum absolute atomic E-state index is 0.0176. The average Bonchev–Trinajstić information content (AvgIpc) is 2.78. The Balaban J connectivity index is 1.79. The van der Waals surface area contributed by atoms with Gasteiger partial charge in [-0.25, -0.2) is 4.98 Å². The number of benzene rings is 3. The molecule has 0 unspecified atom stereocenters. The second-order valence-corrected chi connectivity index (χ2v) is 7.37. The fraction of sp³-hybridized carbons (Fsp3) is 0.0455. The van der Waals surface area contributed by atoms with Crippen molar-refractivity contribution in [3.05, 3.63) is 104 Å². The van der Waals surface area contributed by atoms with Crippen LogP contribution in [-0.4, -0.2) is 14.5 Å². The van der Waals surface area contributed by atoms with Crippen molar-refractivity contribution in [1.82, 2.24) is 9.55 Å². The molecule has 1 aromatic heterocycles. The SMILES string of the molecule is N#Cc1ccc(-n2c(SCc3cccc([N+](=O)[O-])c3)nc3ccccc3c2=O)cc1. The summed E-state index contributed by atoms with van der Waals surface area (Å²) in [6.07, 6.45) is 0. The largest absolute Gasteiger partial charge is 0.269 e. The Morgan fingerprint density at radius 1 is 1.07 bits per heavy atom. The van der Waals surface area contributed by atoms with E-state index in [1.54, 1.807) is 54.6 Å². The molecule has 4 rings (SSSR count). The maximum Gasteiger partial charge on any atom is 0.269 e. The van der Waals surface area contributed by atoms with Crippen LogP contribution in [0, 0.1) is 21.4 Å². The van der Waals surface area contributed by atoms with Crippen molar-refractivity contribution in [3.63, 3.8) is 0 Å². The van der Waals surface area contributed by atoms with Gasteiger partial charge in [0.2, 0.25) is 0 Å². The molecule has 146 valence electrons. The highest BCUT2D eigenvalue weighted by molar-refractivity contribution is 7.98. The number of rotatable bonds is 5. The van der Waals surface area contributed by atoms with Crippen molar-refractivity contribution >= 4 is 28.4 Å². The molecule has 4 aromatic rings. The zero-order valence-electron chi connectivity index (χ0n) is 15.6. The van der Waals surface area contributed by atoms with E-state index in [4.69, 9.17) is 5.26 Å². The lowest BCUT2D eigenvalue weighted by atomic mass is 10.2. The van der Waals surface area contributed by atoms with Crippen LogP contribution in [0.5, 0.6) is 0 Å². The maximum absolute atomic E-state index is 13.2. The van der Waals surface area contributed by atoms with E-state index >= 15 is 0 Å². The Labute approximate surface area is 175 Å². The van der Waals surface area contributed by atoms with Crippen molar-refractivity contribution in [2.75, 3.05) is 0 Å². The highest BCUT2D eigenvalue weighted by atomic mass is 32.2. The van der Waals surface area contributed by atoms with Crippen LogP contribution in [0.3, 0.4) is 0 Å². The normalized spacial score (nSPS) is 10.6. The molecule has 0 aliphatic carbocycles. The summed E-state index contributed by atoms with van der Waals surface area (Å²) < 4.78 is 1.51. The number of aromatic nitrogens is 2. The number of nitriles is 1. The molecule has 0 saturated carbocycles. The lowest BCUT2D eigenvalue weighted by Crippen LogP contribution is -2.21. The average molecular weight is 414 g/mol. The standard InChI is InChI=1S/C22H14N4O3S/c23-13-15-8-10-17(11-9-15)25-21(27)19-6-1-2-7-20(19)24-22(25)30-14-16-4-3-5-18(12-16)26(28)29/h1-12H,14H2. The summed E-state index contributed by atoms with van der Waals surface area (Å²) in [5, 5.41) is 21.0. The predicted molar refractivity (Wildman–Crippen MR) is 115 cm³/mol. The highest BCUT2D eigenvalue weighted by Gasteiger charge is 2.14. The van der Waals surface area contributed by atoms with Gasteiger partial charge in [-0.1, -0.05) is 36.0 Å². The summed E-state index contributed by atoms with van der Waals surface area (Å²) in [4.78, 5) is 28.5. The summed E-state index contributed by atoms with van der Waals surface area (Å²) in [5.74, 6) is 0.405. The van der Waals surface area contributed by atoms with Crippen LogP contribution in [0.1, 0.15) is 11.1 Å². The van der Waals surface area contributed by atoms with E-state index in [0.29, 0.717) is 33.1 Å². The van der Waals surface area contributed by atoms with Crippen LogP contribution < -0.4 is 5.56 Å². The third-order valence-electron chi connectivity index (χ3n) is 4.49. The summed E-state index contributed by atoms with van der Waals surface area (Å²) >= 11 is 1.32. The molecule has 30 heavy (non-hydrogen) atoms. The molecule has 0 fully saturated rings. The molecule has 0 atom stereocenters. The lowest BCUT2D eigenvalue weighted by Gasteiger charge is -2.13. The van der Waals surface area contributed by atoms with Crippen molar-refractivity contribution in [2.24, 2.45) is 0 Å². The van der Waals surface area contributed by atoms with Gasteiger partial charge in [-0.05, 0) is 42.0 Å². The van der Waals surface area contributed by atoms with Crippen molar-refractivity contribution < 1.29 is 4.92 Å². The van der Waals surface area contributed by atoms with Gasteiger partial charge in [0.1, 0.15) is 0 Å². The number of nitro benzene ring substituents is 1. The first-order valence-corrected chi connectivity index (χ1v) is 9.94. The number of hydrogen-bond acceptors (Lipinski definition) is 6. The number of hydrogen-bond donors (Lipinski definition) is 0. The minimum Gasteiger partial charge on any atom is -0.268 e. The van der Waals surface area contributed by atoms with E-state index < -0.39 is 4.92 Å². The minimum atomic E-state index is -0.435. The molecule has 0 aliphatic heterocycles. The van der Waals surface area contributed by atoms with E-state index in [2.05, 4.69) is 11.1 Å². The number of nitrogens with zero attached hydrogens (tertiary/aromatic N) is 4. The summed E-state index contributed by atoms with van der Waals surface area (Å²) in [5.41, 5.74) is 2.22. The Bertz CT molecular complexity index is 1360. The van der Waals surface area contributed by atoms with Crippen molar-refractivity contribution in [1.29, 1.82) is 5.26 Å². The van der Waals surface area contributed by atoms with Gasteiger partial charge in [-0.3, -0.25) is 19.5 Å². The molecular weight excluding hydrogens is 400 g/mol. The Morgan fingerprint density at radius 3 is 2.57 bits per heavy atom. The van der Waals surface area contributed by atoms with Gasteiger partial charge < -0.3 is 0 Å². The maximum atomic E-state index is 13.2. The van der Waals surface area contributed by atoms with Gasteiger partial charge in [0.15, 0.2) is 5.16 Å². The van der Waals surface area contributed by atoms with Crippen LogP contribution in [0.4, 0.5) is 5.69 Å². The quantitative estimate of drug-likeness (QED) is 0.207. The summed E-state index contributed by atoms with van der Waals surface area (Å²) in [7, 11) is 0. The second-order valence-electron chi connectivity index (χ2n) is 6.43. The van der Waals surface area contributed by atoms with Gasteiger partial charge in [0, 0.05) is 17.9 Å². The van der Waals surface area contributed by atoms with Crippen molar-refractivity contribution in [3.8, 4) is 11.8 Å². The number of nitro groups is 1. The van der Waals surface area contributed by atoms with E-state index in [0.717, 1.165) is 5.56 Å². The molecule has 0 N–H and O–H groups in total. The van der Waals surface area contributed by atoms with E-state index in [-0.39, 0.29) is 11.2 Å². The third-order valence-corrected chi connectivity index (χ3v) is 5.50. The third kappa shape index (κ3) is 3.79. The second kappa shape index (κ2) is 8.19. The zero-order valence-corrected chi connectivity index (χ0v) is 16.4. The molecular formula is C22H14N4O3S. The lowest BCUT2D eigenvalue weighted by molar-refractivity contribution is -0.384. The van der Waals surface area contributed by atoms with Crippen LogP contribution in [0.25, 0.3) is 16.6 Å². The monoisotopic (exact) mass is 414 g/mol. The molecule has 8 heteroatoms. The van der Waals surface area contributed by atoms with Crippen LogP contribution >= 0.6 is 11.8 Å². The zero-order chi connectivity index (χ0) is 21.1. The topological polar surface area (TPSA) is 102 Å². The Hall–Kier alpha value is -3.96. The number of non-ortho nitro benzene ring substituents is 1. The molecule has 0 radical (unpaired) electrons. The molecule has 7 nitrogen and oxygen atoms in total. The molecule has 1 heterocycles. The van der Waals surface area contributed by atoms with Gasteiger partial charge in [0.25, 0.3) is 11.2 Å². The summed E-state index contributed by atoms with van der Waals surface area (Å²) in [6, 6.07) is 22.2. The van der Waals surface area contributed by atoms with Crippen LogP contribution in [-0.2, 0) is 5.75 Å². The molecule has 0 aliphatic rings. The fourth-order valence-electron chi connectivity index (χ4n) is 3.03. The van der Waals surface area contributed by atoms with E-state index in [1.807, 2.05) is 6.07 Å². The van der Waals surface area contributed by atoms with Gasteiger partial charge in [0.05, 0.1) is 33.1 Å². The first kappa shape index (κ1) is 19.4. The van der Waals surface area contributed by atoms with E-state index in [9.17, 15) is 14.9 Å².